The first-order chi connectivity index (χ1) is 16.4. The SMILES string of the molecule is C=C/C(C)=C\c1cc2cc(OCC3CCCCC3)c(C)cc2o1.CCCCC(C)CC.COC. The zero-order valence-electron chi connectivity index (χ0n) is 23.0. The number of aryl methyl sites for hydroxylation is 1. The molecule has 1 unspecified atom stereocenters. The van der Waals surface area contributed by atoms with Gasteiger partial charge in [0, 0.05) is 19.6 Å². The summed E-state index contributed by atoms with van der Waals surface area (Å²) in [5.41, 5.74) is 3.14. The fraction of sp³-hybridized carbons (Fsp3) is 0.613. The predicted octanol–water partition coefficient (Wildman–Crippen LogP) is 9.77. The molecule has 2 aromatic rings. The first kappa shape index (κ1) is 30.0. The highest BCUT2D eigenvalue weighted by Gasteiger charge is 2.15. The molecule has 1 aromatic heterocycles. The van der Waals surface area contributed by atoms with Crippen LogP contribution >= 0.6 is 0 Å². The number of methoxy groups -OCH3 is 1. The number of rotatable bonds is 9. The first-order valence-electron chi connectivity index (χ1n) is 13.3. The van der Waals surface area contributed by atoms with Crippen molar-refractivity contribution in [1.82, 2.24) is 0 Å². The van der Waals surface area contributed by atoms with Crippen LogP contribution in [0.25, 0.3) is 17.0 Å². The average molecular weight is 471 g/mol. The summed E-state index contributed by atoms with van der Waals surface area (Å²) >= 11 is 0. The minimum absolute atomic E-state index is 0.719. The number of fused-ring (bicyclic) bond motifs is 1. The van der Waals surface area contributed by atoms with E-state index in [0.717, 1.165) is 52.1 Å². The molecule has 3 nitrogen and oxygen atoms in total. The third kappa shape index (κ3) is 11.4. The molecule has 1 aliphatic rings. The summed E-state index contributed by atoms with van der Waals surface area (Å²) in [4.78, 5) is 0. The van der Waals surface area contributed by atoms with Gasteiger partial charge >= 0.3 is 0 Å². The zero-order valence-corrected chi connectivity index (χ0v) is 23.0. The van der Waals surface area contributed by atoms with Crippen molar-refractivity contribution in [1.29, 1.82) is 0 Å². The highest BCUT2D eigenvalue weighted by molar-refractivity contribution is 5.82. The summed E-state index contributed by atoms with van der Waals surface area (Å²) in [5, 5.41) is 1.09. The fourth-order valence-electron chi connectivity index (χ4n) is 4.02. The lowest BCUT2D eigenvalue weighted by molar-refractivity contribution is 0.208. The minimum Gasteiger partial charge on any atom is -0.493 e. The summed E-state index contributed by atoms with van der Waals surface area (Å²) in [6.07, 6.45) is 16.1. The first-order valence-corrected chi connectivity index (χ1v) is 13.3. The van der Waals surface area contributed by atoms with E-state index in [9.17, 15) is 0 Å². The van der Waals surface area contributed by atoms with Crippen LogP contribution in [0.1, 0.15) is 96.8 Å². The molecule has 1 fully saturated rings. The number of allylic oxidation sites excluding steroid dienone is 2. The monoisotopic (exact) mass is 470 g/mol. The Morgan fingerprint density at radius 2 is 1.82 bits per heavy atom. The molecule has 0 amide bonds. The van der Waals surface area contributed by atoms with E-state index in [1.807, 2.05) is 19.1 Å². The molecule has 0 spiro atoms. The number of hydrogen-bond donors (Lipinski definition) is 0. The van der Waals surface area contributed by atoms with Gasteiger partial charge in [0.05, 0.1) is 6.61 Å². The van der Waals surface area contributed by atoms with Crippen LogP contribution in [0.4, 0.5) is 0 Å². The summed E-state index contributed by atoms with van der Waals surface area (Å²) < 4.78 is 16.3. The normalized spacial score (nSPS) is 15.1. The van der Waals surface area contributed by atoms with E-state index in [2.05, 4.69) is 57.2 Å². The molecule has 0 N–H and O–H groups in total. The van der Waals surface area contributed by atoms with Gasteiger partial charge < -0.3 is 13.9 Å². The molecule has 3 rings (SSSR count). The van der Waals surface area contributed by atoms with Crippen LogP contribution in [0.3, 0.4) is 0 Å². The Hall–Kier alpha value is -2.00. The molecule has 0 bridgehead atoms. The lowest BCUT2D eigenvalue weighted by Gasteiger charge is -2.22. The van der Waals surface area contributed by atoms with Gasteiger partial charge in [-0.3, -0.25) is 0 Å². The van der Waals surface area contributed by atoms with E-state index in [4.69, 9.17) is 9.15 Å². The number of furan rings is 1. The lowest BCUT2D eigenvalue weighted by atomic mass is 9.90. The Morgan fingerprint density at radius 3 is 2.41 bits per heavy atom. The van der Waals surface area contributed by atoms with Gasteiger partial charge in [-0.15, -0.1) is 0 Å². The van der Waals surface area contributed by atoms with E-state index in [1.165, 1.54) is 57.8 Å². The van der Waals surface area contributed by atoms with Crippen LogP contribution in [0, 0.1) is 18.8 Å². The smallest absolute Gasteiger partial charge is 0.135 e. The van der Waals surface area contributed by atoms with Crippen LogP contribution in [0.15, 0.2) is 40.8 Å². The van der Waals surface area contributed by atoms with E-state index < -0.39 is 0 Å². The van der Waals surface area contributed by atoms with Crippen molar-refractivity contribution in [2.75, 3.05) is 20.8 Å². The zero-order chi connectivity index (χ0) is 25.3. The van der Waals surface area contributed by atoms with Gasteiger partial charge in [0.2, 0.25) is 0 Å². The van der Waals surface area contributed by atoms with Crippen molar-refractivity contribution in [2.45, 2.75) is 92.4 Å². The summed E-state index contributed by atoms with van der Waals surface area (Å²) in [7, 11) is 3.25. The predicted molar refractivity (Wildman–Crippen MR) is 149 cm³/mol. The summed E-state index contributed by atoms with van der Waals surface area (Å²) in [6.45, 7) is 15.6. The van der Waals surface area contributed by atoms with Crippen LogP contribution in [0.2, 0.25) is 0 Å². The van der Waals surface area contributed by atoms with E-state index in [0.29, 0.717) is 0 Å². The highest BCUT2D eigenvalue weighted by Crippen LogP contribution is 2.30. The van der Waals surface area contributed by atoms with Gasteiger partial charge in [0.1, 0.15) is 17.1 Å². The number of hydrogen-bond acceptors (Lipinski definition) is 3. The summed E-state index contributed by atoms with van der Waals surface area (Å²) in [6, 6.07) is 6.25. The third-order valence-electron chi connectivity index (χ3n) is 6.47. The van der Waals surface area contributed by atoms with Crippen molar-refractivity contribution in [3.8, 4) is 5.75 Å². The van der Waals surface area contributed by atoms with E-state index >= 15 is 0 Å². The average Bonchev–Trinajstić information content (AvgIpc) is 3.23. The fourth-order valence-corrected chi connectivity index (χ4v) is 4.02. The van der Waals surface area contributed by atoms with Crippen LogP contribution in [-0.4, -0.2) is 20.8 Å². The number of ether oxygens (including phenoxy) is 2. The van der Waals surface area contributed by atoms with Crippen molar-refractivity contribution in [2.24, 2.45) is 11.8 Å². The standard InChI is InChI=1S/C21H26O2.C8H18.C2H6O/c1-4-15(2)10-19-12-18-13-20(16(3)11-21(18)23-19)22-14-17-8-6-5-7-9-17;1-4-6-7-8(3)5-2;1-3-2/h4,10-13,17H,1,5-9,14H2,2-3H3;8H,4-7H2,1-3H3;1-2H3/b15-10-;;. The van der Waals surface area contributed by atoms with E-state index in [-0.39, 0.29) is 0 Å². The van der Waals surface area contributed by atoms with Crippen molar-refractivity contribution in [3.05, 3.63) is 47.8 Å². The molecule has 1 saturated carbocycles. The van der Waals surface area contributed by atoms with Gasteiger partial charge in [-0.1, -0.05) is 78.4 Å². The number of unbranched alkanes of at least 4 members (excludes halogenated alkanes) is 1. The molecule has 0 saturated heterocycles. The Balaban J connectivity index is 0.000000443. The maximum atomic E-state index is 6.12. The molecule has 0 radical (unpaired) electrons. The Morgan fingerprint density at radius 1 is 1.15 bits per heavy atom. The molecule has 1 aromatic carbocycles. The molecule has 34 heavy (non-hydrogen) atoms. The Labute approximate surface area is 209 Å². The molecule has 0 aliphatic heterocycles. The topological polar surface area (TPSA) is 31.6 Å². The van der Waals surface area contributed by atoms with Crippen molar-refractivity contribution in [3.63, 3.8) is 0 Å². The maximum absolute atomic E-state index is 6.12. The van der Waals surface area contributed by atoms with Crippen LogP contribution < -0.4 is 4.74 Å². The maximum Gasteiger partial charge on any atom is 0.135 e. The van der Waals surface area contributed by atoms with Gasteiger partial charge in [0.15, 0.2) is 0 Å². The quantitative estimate of drug-likeness (QED) is 0.342. The van der Waals surface area contributed by atoms with Crippen LogP contribution in [-0.2, 0) is 4.74 Å². The second-order valence-corrected chi connectivity index (χ2v) is 9.78. The molecule has 1 heterocycles. The number of benzene rings is 1. The molecule has 192 valence electrons. The second-order valence-electron chi connectivity index (χ2n) is 9.78. The van der Waals surface area contributed by atoms with Gasteiger partial charge in [-0.2, -0.15) is 0 Å². The van der Waals surface area contributed by atoms with Gasteiger partial charge in [-0.05, 0) is 73.9 Å². The minimum atomic E-state index is 0.719. The second kappa shape index (κ2) is 17.4. The summed E-state index contributed by atoms with van der Waals surface area (Å²) in [5.74, 6) is 3.52. The van der Waals surface area contributed by atoms with Crippen molar-refractivity contribution >= 4 is 17.0 Å². The van der Waals surface area contributed by atoms with Crippen LogP contribution in [0.5, 0.6) is 5.75 Å². The van der Waals surface area contributed by atoms with Gasteiger partial charge in [-0.25, -0.2) is 0 Å². The molecule has 1 atom stereocenters. The van der Waals surface area contributed by atoms with Crippen molar-refractivity contribution < 1.29 is 13.9 Å². The third-order valence-corrected chi connectivity index (χ3v) is 6.47. The molecule has 1 aliphatic carbocycles. The lowest BCUT2D eigenvalue weighted by Crippen LogP contribution is -2.15. The molecular weight excluding hydrogens is 420 g/mol. The van der Waals surface area contributed by atoms with Gasteiger partial charge in [0.25, 0.3) is 0 Å². The molecular formula is C31H50O3. The Bertz CT molecular complexity index is 840. The highest BCUT2D eigenvalue weighted by atomic mass is 16.5. The van der Waals surface area contributed by atoms with E-state index in [1.54, 1.807) is 14.2 Å². The Kier molecular flexibility index (Phi) is 15.4. The molecule has 3 heteroatoms. The largest absolute Gasteiger partial charge is 0.493 e.